The Hall–Kier alpha value is -1.54. The second kappa shape index (κ2) is 6.70. The molecule has 0 aliphatic carbocycles. The van der Waals surface area contributed by atoms with Crippen LogP contribution in [0.25, 0.3) is 0 Å². The van der Waals surface area contributed by atoms with E-state index in [0.717, 1.165) is 17.1 Å². The van der Waals surface area contributed by atoms with E-state index in [1.807, 2.05) is 23.6 Å². The first-order valence-electron chi connectivity index (χ1n) is 6.64. The van der Waals surface area contributed by atoms with Gasteiger partial charge in [-0.1, -0.05) is 36.4 Å². The SMILES string of the molecule is O=S(=O)(NCc1csc(Cc2ccccc2)n1)c1cccs1. The summed E-state index contributed by atoms with van der Waals surface area (Å²) in [5.74, 6) is 0. The summed E-state index contributed by atoms with van der Waals surface area (Å²) >= 11 is 2.75. The third kappa shape index (κ3) is 3.80. The Kier molecular flexibility index (Phi) is 4.68. The number of thiazole rings is 1. The molecule has 0 unspecified atom stereocenters. The fourth-order valence-corrected chi connectivity index (χ4v) is 4.80. The minimum Gasteiger partial charge on any atom is -0.245 e. The first-order valence-corrected chi connectivity index (χ1v) is 9.88. The van der Waals surface area contributed by atoms with Gasteiger partial charge < -0.3 is 0 Å². The number of nitrogens with one attached hydrogen (secondary N) is 1. The fraction of sp³-hybridized carbons (Fsp3) is 0.133. The Bertz CT molecular complexity index is 825. The number of aromatic nitrogens is 1. The number of hydrogen-bond acceptors (Lipinski definition) is 5. The van der Waals surface area contributed by atoms with Gasteiger partial charge in [0.2, 0.25) is 10.0 Å². The molecule has 0 bridgehead atoms. The van der Waals surface area contributed by atoms with Crippen molar-refractivity contribution in [2.24, 2.45) is 0 Å². The van der Waals surface area contributed by atoms with E-state index in [-0.39, 0.29) is 6.54 Å². The van der Waals surface area contributed by atoms with Gasteiger partial charge in [-0.3, -0.25) is 0 Å². The third-order valence-electron chi connectivity index (χ3n) is 3.00. The molecule has 0 spiro atoms. The van der Waals surface area contributed by atoms with Crippen molar-refractivity contribution in [3.8, 4) is 0 Å². The van der Waals surface area contributed by atoms with E-state index in [1.165, 1.54) is 16.9 Å². The Balaban J connectivity index is 1.63. The molecule has 3 rings (SSSR count). The zero-order valence-electron chi connectivity index (χ0n) is 11.6. The average Bonchev–Trinajstić information content (AvgIpc) is 3.18. The van der Waals surface area contributed by atoms with Gasteiger partial charge in [-0.2, -0.15) is 0 Å². The van der Waals surface area contributed by atoms with Gasteiger partial charge in [0.25, 0.3) is 0 Å². The molecule has 0 atom stereocenters. The maximum atomic E-state index is 12.0. The van der Waals surface area contributed by atoms with Gasteiger partial charge in [-0.05, 0) is 17.0 Å². The molecule has 114 valence electrons. The van der Waals surface area contributed by atoms with Gasteiger partial charge in [0.15, 0.2) is 0 Å². The van der Waals surface area contributed by atoms with Gasteiger partial charge >= 0.3 is 0 Å². The third-order valence-corrected chi connectivity index (χ3v) is 6.70. The molecule has 2 heterocycles. The van der Waals surface area contributed by atoms with E-state index in [0.29, 0.717) is 4.21 Å². The number of thiophene rings is 1. The van der Waals surface area contributed by atoms with Crippen LogP contribution in [0.2, 0.25) is 0 Å². The largest absolute Gasteiger partial charge is 0.250 e. The first kappa shape index (κ1) is 15.4. The number of benzene rings is 1. The number of nitrogens with zero attached hydrogens (tertiary/aromatic N) is 1. The monoisotopic (exact) mass is 350 g/mol. The smallest absolute Gasteiger partial charge is 0.245 e. The van der Waals surface area contributed by atoms with Gasteiger partial charge in [0, 0.05) is 11.8 Å². The number of sulfonamides is 1. The lowest BCUT2D eigenvalue weighted by molar-refractivity contribution is 0.582. The highest BCUT2D eigenvalue weighted by atomic mass is 32.2. The molecule has 7 heteroatoms. The molecule has 0 radical (unpaired) electrons. The zero-order chi connectivity index (χ0) is 15.4. The predicted octanol–water partition coefficient (Wildman–Crippen LogP) is 3.27. The average molecular weight is 350 g/mol. The van der Waals surface area contributed by atoms with Crippen molar-refractivity contribution >= 4 is 32.7 Å². The van der Waals surface area contributed by atoms with E-state index in [1.54, 1.807) is 28.8 Å². The zero-order valence-corrected chi connectivity index (χ0v) is 14.0. The Morgan fingerprint density at radius 1 is 1.05 bits per heavy atom. The van der Waals surface area contributed by atoms with Crippen molar-refractivity contribution in [3.05, 3.63) is 69.5 Å². The van der Waals surface area contributed by atoms with E-state index >= 15 is 0 Å². The molecular formula is C15H14N2O2S3. The summed E-state index contributed by atoms with van der Waals surface area (Å²) in [6.07, 6.45) is 0.767. The van der Waals surface area contributed by atoms with Crippen LogP contribution in [0.5, 0.6) is 0 Å². The Labute approximate surface area is 137 Å². The second-order valence-electron chi connectivity index (χ2n) is 4.65. The van der Waals surface area contributed by atoms with Crippen LogP contribution in [0.15, 0.2) is 57.4 Å². The van der Waals surface area contributed by atoms with Crippen molar-refractivity contribution in [2.45, 2.75) is 17.2 Å². The van der Waals surface area contributed by atoms with Crippen molar-refractivity contribution < 1.29 is 8.42 Å². The highest BCUT2D eigenvalue weighted by molar-refractivity contribution is 7.91. The molecule has 4 nitrogen and oxygen atoms in total. The van der Waals surface area contributed by atoms with Gasteiger partial charge in [-0.25, -0.2) is 18.1 Å². The number of hydrogen-bond donors (Lipinski definition) is 1. The van der Waals surface area contributed by atoms with Crippen molar-refractivity contribution in [2.75, 3.05) is 0 Å². The maximum Gasteiger partial charge on any atom is 0.250 e. The van der Waals surface area contributed by atoms with Crippen LogP contribution in [0.4, 0.5) is 0 Å². The van der Waals surface area contributed by atoms with Crippen LogP contribution in [-0.2, 0) is 23.0 Å². The van der Waals surface area contributed by atoms with E-state index in [9.17, 15) is 8.42 Å². The molecule has 0 aliphatic heterocycles. The second-order valence-corrected chi connectivity index (χ2v) is 8.54. The summed E-state index contributed by atoms with van der Waals surface area (Å²) in [6, 6.07) is 13.4. The normalized spacial score (nSPS) is 11.6. The lowest BCUT2D eigenvalue weighted by Crippen LogP contribution is -2.22. The van der Waals surface area contributed by atoms with Crippen LogP contribution >= 0.6 is 22.7 Å². The molecule has 0 fully saturated rings. The summed E-state index contributed by atoms with van der Waals surface area (Å²) < 4.78 is 27.0. The number of rotatable bonds is 6. The van der Waals surface area contributed by atoms with Crippen LogP contribution in [0, 0.1) is 0 Å². The fourth-order valence-electron chi connectivity index (χ4n) is 1.94. The lowest BCUT2D eigenvalue weighted by Gasteiger charge is -2.02. The molecule has 0 aliphatic rings. The molecule has 0 saturated carbocycles. The van der Waals surface area contributed by atoms with Crippen molar-refractivity contribution in [1.82, 2.24) is 9.71 Å². The maximum absolute atomic E-state index is 12.0. The molecule has 0 saturated heterocycles. The summed E-state index contributed by atoms with van der Waals surface area (Å²) in [4.78, 5) is 4.48. The van der Waals surface area contributed by atoms with Crippen molar-refractivity contribution in [1.29, 1.82) is 0 Å². The molecule has 1 aromatic carbocycles. The van der Waals surface area contributed by atoms with Gasteiger partial charge in [0.05, 0.1) is 17.2 Å². The van der Waals surface area contributed by atoms with Crippen LogP contribution in [0.1, 0.15) is 16.3 Å². The van der Waals surface area contributed by atoms with Crippen LogP contribution in [-0.4, -0.2) is 13.4 Å². The molecule has 3 aromatic rings. The first-order chi connectivity index (χ1) is 10.6. The molecule has 0 amide bonds. The highest BCUT2D eigenvalue weighted by Crippen LogP contribution is 2.17. The van der Waals surface area contributed by atoms with E-state index in [4.69, 9.17) is 0 Å². The summed E-state index contributed by atoms with van der Waals surface area (Å²) in [5.41, 5.74) is 1.94. The molecule has 1 N–H and O–H groups in total. The highest BCUT2D eigenvalue weighted by Gasteiger charge is 2.15. The van der Waals surface area contributed by atoms with Gasteiger partial charge in [-0.15, -0.1) is 22.7 Å². The quantitative estimate of drug-likeness (QED) is 0.742. The topological polar surface area (TPSA) is 59.1 Å². The summed E-state index contributed by atoms with van der Waals surface area (Å²) in [5, 5.41) is 4.63. The van der Waals surface area contributed by atoms with E-state index in [2.05, 4.69) is 21.8 Å². The Morgan fingerprint density at radius 2 is 1.86 bits per heavy atom. The predicted molar refractivity (Wildman–Crippen MR) is 89.7 cm³/mol. The Morgan fingerprint density at radius 3 is 2.59 bits per heavy atom. The summed E-state index contributed by atoms with van der Waals surface area (Å²) in [6.45, 7) is 0.214. The van der Waals surface area contributed by atoms with Crippen LogP contribution < -0.4 is 4.72 Å². The van der Waals surface area contributed by atoms with Crippen LogP contribution in [0.3, 0.4) is 0 Å². The van der Waals surface area contributed by atoms with Crippen molar-refractivity contribution in [3.63, 3.8) is 0 Å². The molecule has 2 aromatic heterocycles. The van der Waals surface area contributed by atoms with Gasteiger partial charge in [0.1, 0.15) is 4.21 Å². The summed E-state index contributed by atoms with van der Waals surface area (Å²) in [7, 11) is -3.43. The van der Waals surface area contributed by atoms with E-state index < -0.39 is 10.0 Å². The molecular weight excluding hydrogens is 336 g/mol. The molecule has 22 heavy (non-hydrogen) atoms. The lowest BCUT2D eigenvalue weighted by atomic mass is 10.2. The minimum atomic E-state index is -3.43. The minimum absolute atomic E-state index is 0.214. The standard InChI is InChI=1S/C15H14N2O2S3/c18-22(19,15-7-4-8-20-15)16-10-13-11-21-14(17-13)9-12-5-2-1-3-6-12/h1-8,11,16H,9-10H2.